The molecule has 0 heterocycles. The molecule has 0 saturated carbocycles. The van der Waals surface area contributed by atoms with Crippen LogP contribution in [0.25, 0.3) is 0 Å². The van der Waals surface area contributed by atoms with Gasteiger partial charge in [0.15, 0.2) is 0 Å². The van der Waals surface area contributed by atoms with E-state index < -0.39 is 5.97 Å². The zero-order valence-corrected chi connectivity index (χ0v) is 16.9. The zero-order chi connectivity index (χ0) is 18.9. The van der Waals surface area contributed by atoms with Crippen molar-refractivity contribution in [2.75, 3.05) is 0 Å². The van der Waals surface area contributed by atoms with Crippen molar-refractivity contribution in [3.8, 4) is 0 Å². The van der Waals surface area contributed by atoms with Crippen molar-refractivity contribution in [1.82, 2.24) is 0 Å². The van der Waals surface area contributed by atoms with Gasteiger partial charge >= 0.3 is 43.7 Å². The predicted octanol–water partition coefficient (Wildman–Crippen LogP) is 6.81. The summed E-state index contributed by atoms with van der Waals surface area (Å²) >= 11 is 0. The Morgan fingerprint density at radius 3 is 1.56 bits per heavy atom. The molecule has 152 valence electrons. The number of carbonyl (C=O) groups is 1. The number of rotatable bonds is 17. The van der Waals surface area contributed by atoms with E-state index in [1.807, 2.05) is 30.3 Å². The first-order valence-corrected chi connectivity index (χ1v) is 11.0. The molecule has 0 aliphatic rings. The second-order valence-corrected chi connectivity index (χ2v) is 7.69. The van der Waals surface area contributed by atoms with Crippen molar-refractivity contribution < 1.29 is 9.90 Å². The molecule has 0 spiro atoms. The molecule has 0 bridgehead atoms. The molecule has 1 aromatic rings. The Morgan fingerprint density at radius 2 is 1.15 bits per heavy atom. The maximum absolute atomic E-state index is 11.5. The molecule has 27 heavy (non-hydrogen) atoms. The van der Waals surface area contributed by atoms with Crippen LogP contribution in [0.5, 0.6) is 0 Å². The minimum absolute atomic E-state index is 0. The molecule has 0 saturated heterocycles. The second kappa shape index (κ2) is 19.3. The quantitative estimate of drug-likeness (QED) is 0.229. The Hall–Kier alpha value is -0.0503. The molecule has 0 radical (unpaired) electrons. The third-order valence-corrected chi connectivity index (χ3v) is 5.35. The average molecular weight is 403 g/mol. The summed E-state index contributed by atoms with van der Waals surface area (Å²) in [6.07, 6.45) is 19.4. The fourth-order valence-electron chi connectivity index (χ4n) is 3.66. The monoisotopic (exact) mass is 402 g/mol. The van der Waals surface area contributed by atoms with Gasteiger partial charge in [0.25, 0.3) is 0 Å². The van der Waals surface area contributed by atoms with Crippen molar-refractivity contribution >= 4 is 43.7 Å². The van der Waals surface area contributed by atoms with Crippen LogP contribution in [0, 0.1) is 0 Å². The number of hydrogen-bond acceptors (Lipinski definition) is 1. The van der Waals surface area contributed by atoms with Crippen LogP contribution in [0.1, 0.15) is 115 Å². The first-order chi connectivity index (χ1) is 12.8. The van der Waals surface area contributed by atoms with E-state index in [9.17, 15) is 9.90 Å². The molecule has 0 aromatic heterocycles. The van der Waals surface area contributed by atoms with E-state index in [1.165, 1.54) is 77.0 Å². The number of unbranched alkanes of at least 4 members (excludes halogenated alkanes) is 13. The van der Waals surface area contributed by atoms with Crippen LogP contribution in [-0.4, -0.2) is 48.8 Å². The molecule has 0 amide bonds. The van der Waals surface area contributed by atoms with Gasteiger partial charge in [0.2, 0.25) is 0 Å². The Balaban J connectivity index is 0.00000676. The summed E-state index contributed by atoms with van der Waals surface area (Å²) in [4.78, 5) is 11.5. The van der Waals surface area contributed by atoms with Crippen molar-refractivity contribution in [3.63, 3.8) is 0 Å². The van der Waals surface area contributed by atoms with Gasteiger partial charge in [0.05, 0.1) is 5.92 Å². The fraction of sp³-hybridized carbons (Fsp3) is 0.708. The van der Waals surface area contributed by atoms with Crippen molar-refractivity contribution in [1.29, 1.82) is 0 Å². The standard InChI is InChI=1S/C24H40O2.Ca.2H/c1-2-3-4-5-6-7-8-9-10-11-12-13-14-18-21-23(24(25)26)22-19-16-15-17-20-22;;;/h15-17,19-20,23H,2-14,18,21H2,1H3,(H,25,26);;;. The van der Waals surface area contributed by atoms with E-state index >= 15 is 0 Å². The van der Waals surface area contributed by atoms with E-state index in [1.54, 1.807) is 0 Å². The Labute approximate surface area is 197 Å². The molecule has 1 rings (SSSR count). The van der Waals surface area contributed by atoms with E-state index in [4.69, 9.17) is 0 Å². The van der Waals surface area contributed by atoms with E-state index in [2.05, 4.69) is 6.92 Å². The van der Waals surface area contributed by atoms with Gasteiger partial charge in [0, 0.05) is 0 Å². The molecule has 0 aliphatic carbocycles. The summed E-state index contributed by atoms with van der Waals surface area (Å²) in [5.74, 6) is -1.03. The third kappa shape index (κ3) is 14.6. The fourth-order valence-corrected chi connectivity index (χ4v) is 3.66. The van der Waals surface area contributed by atoms with Gasteiger partial charge in [-0.05, 0) is 12.0 Å². The minimum atomic E-state index is -0.689. The molecule has 3 heteroatoms. The first-order valence-electron chi connectivity index (χ1n) is 11.0. The van der Waals surface area contributed by atoms with E-state index in [0.29, 0.717) is 0 Å². The molecule has 1 atom stereocenters. The number of aliphatic carboxylic acids is 1. The van der Waals surface area contributed by atoms with Crippen LogP contribution in [0.3, 0.4) is 0 Å². The van der Waals surface area contributed by atoms with Crippen LogP contribution < -0.4 is 0 Å². The Bertz CT molecular complexity index is 447. The van der Waals surface area contributed by atoms with Gasteiger partial charge < -0.3 is 5.11 Å². The summed E-state index contributed by atoms with van der Waals surface area (Å²) in [7, 11) is 0. The summed E-state index contributed by atoms with van der Waals surface area (Å²) in [6, 6.07) is 9.66. The number of carboxylic acids is 1. The van der Waals surface area contributed by atoms with Gasteiger partial charge in [-0.2, -0.15) is 0 Å². The molecule has 1 unspecified atom stereocenters. The number of benzene rings is 1. The van der Waals surface area contributed by atoms with E-state index in [-0.39, 0.29) is 43.7 Å². The Kier molecular flexibility index (Phi) is 19.2. The van der Waals surface area contributed by atoms with Crippen LogP contribution in [-0.2, 0) is 4.79 Å². The first kappa shape index (κ1) is 26.9. The van der Waals surface area contributed by atoms with Gasteiger partial charge in [-0.25, -0.2) is 0 Å². The van der Waals surface area contributed by atoms with Crippen LogP contribution in [0.4, 0.5) is 0 Å². The summed E-state index contributed by atoms with van der Waals surface area (Å²) in [6.45, 7) is 2.27. The maximum atomic E-state index is 11.5. The van der Waals surface area contributed by atoms with Crippen molar-refractivity contribution in [2.24, 2.45) is 0 Å². The topological polar surface area (TPSA) is 37.3 Å². The molecule has 0 aliphatic heterocycles. The molecule has 0 fully saturated rings. The number of carboxylic acid groups (broad SMARTS) is 1. The normalized spacial score (nSPS) is 11.7. The Morgan fingerprint density at radius 1 is 0.741 bits per heavy atom. The summed E-state index contributed by atoms with van der Waals surface area (Å²) in [5.41, 5.74) is 0.940. The molecule has 2 nitrogen and oxygen atoms in total. The van der Waals surface area contributed by atoms with Gasteiger partial charge in [0.1, 0.15) is 0 Å². The van der Waals surface area contributed by atoms with Crippen LogP contribution in [0.15, 0.2) is 30.3 Å². The predicted molar refractivity (Wildman–Crippen MR) is 120 cm³/mol. The van der Waals surface area contributed by atoms with Gasteiger partial charge in [-0.3, -0.25) is 4.79 Å². The van der Waals surface area contributed by atoms with Gasteiger partial charge in [-0.1, -0.05) is 127 Å². The van der Waals surface area contributed by atoms with Gasteiger partial charge in [-0.15, -0.1) is 0 Å². The van der Waals surface area contributed by atoms with Crippen LogP contribution in [0.2, 0.25) is 0 Å². The second-order valence-electron chi connectivity index (χ2n) is 7.69. The average Bonchev–Trinajstić information content (AvgIpc) is 2.65. The zero-order valence-electron chi connectivity index (χ0n) is 16.9. The number of hydrogen-bond donors (Lipinski definition) is 1. The van der Waals surface area contributed by atoms with Crippen molar-refractivity contribution in [3.05, 3.63) is 35.9 Å². The molecule has 1 N–H and O–H groups in total. The molecule has 1 aromatic carbocycles. The van der Waals surface area contributed by atoms with Crippen LogP contribution >= 0.6 is 0 Å². The molecular formula is C24H42CaO2. The van der Waals surface area contributed by atoms with E-state index in [0.717, 1.165) is 24.8 Å². The third-order valence-electron chi connectivity index (χ3n) is 5.35. The SMILES string of the molecule is CCCCCCCCCCCCCCCCC(C(=O)O)c1ccccc1.[CaH2]. The summed E-state index contributed by atoms with van der Waals surface area (Å²) in [5, 5.41) is 9.43. The molecular weight excluding hydrogens is 360 g/mol. The van der Waals surface area contributed by atoms with Crippen molar-refractivity contribution in [2.45, 2.75) is 109 Å². The summed E-state index contributed by atoms with van der Waals surface area (Å²) < 4.78 is 0.